The van der Waals surface area contributed by atoms with Crippen molar-refractivity contribution in [3.63, 3.8) is 0 Å². The summed E-state index contributed by atoms with van der Waals surface area (Å²) in [6.07, 6.45) is 3.13. The second kappa shape index (κ2) is 10.2. The van der Waals surface area contributed by atoms with Crippen molar-refractivity contribution in [3.05, 3.63) is 58.1 Å². The van der Waals surface area contributed by atoms with Crippen LogP contribution in [0.2, 0.25) is 5.02 Å². The van der Waals surface area contributed by atoms with E-state index < -0.39 is 12.0 Å². The number of anilines is 1. The van der Waals surface area contributed by atoms with E-state index in [9.17, 15) is 9.90 Å². The average Bonchev–Trinajstić information content (AvgIpc) is 2.74. The van der Waals surface area contributed by atoms with Crippen LogP contribution in [-0.4, -0.2) is 42.7 Å². The van der Waals surface area contributed by atoms with Crippen LogP contribution in [0.1, 0.15) is 46.9 Å². The third kappa shape index (κ3) is 5.65. The number of ether oxygens (including phenoxy) is 1. The lowest BCUT2D eigenvalue weighted by molar-refractivity contribution is 0.0997. The number of carbonyl (C=O) groups excluding carboxylic acids is 1. The van der Waals surface area contributed by atoms with Gasteiger partial charge in [0.15, 0.2) is 0 Å². The minimum Gasteiger partial charge on any atom is -0.496 e. The summed E-state index contributed by atoms with van der Waals surface area (Å²) in [7, 11) is 1.50. The van der Waals surface area contributed by atoms with E-state index in [-0.39, 0.29) is 0 Å². The Morgan fingerprint density at radius 3 is 2.53 bits per heavy atom. The van der Waals surface area contributed by atoms with Gasteiger partial charge in [0.05, 0.1) is 18.8 Å². The van der Waals surface area contributed by atoms with Crippen molar-refractivity contribution >= 4 is 23.2 Å². The molecule has 0 aromatic heterocycles. The molecule has 2 aromatic rings. The van der Waals surface area contributed by atoms with Gasteiger partial charge in [0, 0.05) is 23.3 Å². The highest BCUT2D eigenvalue weighted by Crippen LogP contribution is 2.30. The third-order valence-electron chi connectivity index (χ3n) is 5.92. The molecule has 0 spiro atoms. The topological polar surface area (TPSA) is 102 Å². The SMILES string of the molecule is COc1cc(N)c(CC2CCN(CCC(O)c3ccc(Cl)cc3)CC2)cc1C(N)=O. The molecule has 1 aliphatic heterocycles. The van der Waals surface area contributed by atoms with Crippen LogP contribution >= 0.6 is 11.6 Å². The highest BCUT2D eigenvalue weighted by Gasteiger charge is 2.22. The van der Waals surface area contributed by atoms with Gasteiger partial charge in [-0.2, -0.15) is 0 Å². The Morgan fingerprint density at radius 1 is 1.27 bits per heavy atom. The Bertz CT molecular complexity index is 865. The van der Waals surface area contributed by atoms with Crippen molar-refractivity contribution in [1.82, 2.24) is 4.90 Å². The number of hydrogen-bond donors (Lipinski definition) is 3. The number of benzene rings is 2. The minimum atomic E-state index is -0.512. The van der Waals surface area contributed by atoms with Crippen molar-refractivity contribution in [3.8, 4) is 5.75 Å². The van der Waals surface area contributed by atoms with E-state index in [2.05, 4.69) is 4.90 Å². The molecule has 1 saturated heterocycles. The predicted octanol–water partition coefficient (Wildman–Crippen LogP) is 3.41. The number of likely N-dealkylation sites (tertiary alicyclic amines) is 1. The van der Waals surface area contributed by atoms with E-state index in [0.29, 0.717) is 34.4 Å². The van der Waals surface area contributed by atoms with Crippen LogP contribution in [0.3, 0.4) is 0 Å². The maximum Gasteiger partial charge on any atom is 0.252 e. The van der Waals surface area contributed by atoms with Crippen molar-refractivity contribution in [1.29, 1.82) is 0 Å². The van der Waals surface area contributed by atoms with Gasteiger partial charge in [-0.25, -0.2) is 0 Å². The van der Waals surface area contributed by atoms with Crippen LogP contribution in [0, 0.1) is 5.92 Å². The van der Waals surface area contributed by atoms with Gasteiger partial charge in [-0.3, -0.25) is 4.79 Å². The Balaban J connectivity index is 1.50. The van der Waals surface area contributed by atoms with Crippen LogP contribution in [0.4, 0.5) is 5.69 Å². The summed E-state index contributed by atoms with van der Waals surface area (Å²) >= 11 is 5.91. The number of aliphatic hydroxyl groups excluding tert-OH is 1. The maximum absolute atomic E-state index is 11.7. The fraction of sp³-hybridized carbons (Fsp3) is 0.435. The zero-order valence-corrected chi connectivity index (χ0v) is 18.1. The summed E-state index contributed by atoms with van der Waals surface area (Å²) in [5.41, 5.74) is 14.5. The third-order valence-corrected chi connectivity index (χ3v) is 6.17. The normalized spacial score (nSPS) is 16.4. The lowest BCUT2D eigenvalue weighted by Crippen LogP contribution is -2.35. The quantitative estimate of drug-likeness (QED) is 0.556. The monoisotopic (exact) mass is 431 g/mol. The molecule has 7 heteroatoms. The number of amides is 1. The molecule has 1 fully saturated rings. The van der Waals surface area contributed by atoms with Gasteiger partial charge in [0.1, 0.15) is 5.75 Å². The van der Waals surface area contributed by atoms with E-state index in [1.54, 1.807) is 24.3 Å². The van der Waals surface area contributed by atoms with Crippen LogP contribution in [-0.2, 0) is 6.42 Å². The molecule has 1 unspecified atom stereocenters. The van der Waals surface area contributed by atoms with Crippen LogP contribution < -0.4 is 16.2 Å². The highest BCUT2D eigenvalue weighted by atomic mass is 35.5. The summed E-state index contributed by atoms with van der Waals surface area (Å²) in [5.74, 6) is 0.402. The van der Waals surface area contributed by atoms with Gasteiger partial charge in [-0.15, -0.1) is 0 Å². The smallest absolute Gasteiger partial charge is 0.252 e. The highest BCUT2D eigenvalue weighted by molar-refractivity contribution is 6.30. The number of nitrogens with zero attached hydrogens (tertiary/aromatic N) is 1. The van der Waals surface area contributed by atoms with E-state index in [4.69, 9.17) is 27.8 Å². The van der Waals surface area contributed by atoms with Crippen molar-refractivity contribution in [2.24, 2.45) is 11.7 Å². The van der Waals surface area contributed by atoms with Gasteiger partial charge in [-0.1, -0.05) is 23.7 Å². The number of methoxy groups -OCH3 is 1. The number of halogens is 1. The number of aliphatic hydroxyl groups is 1. The molecule has 3 rings (SSSR count). The van der Waals surface area contributed by atoms with E-state index in [1.807, 2.05) is 12.1 Å². The van der Waals surface area contributed by atoms with Gasteiger partial charge in [0.25, 0.3) is 5.91 Å². The van der Waals surface area contributed by atoms with E-state index in [0.717, 1.165) is 50.0 Å². The first-order valence-electron chi connectivity index (χ1n) is 10.3. The number of piperidine rings is 1. The molecule has 1 atom stereocenters. The molecule has 162 valence electrons. The minimum absolute atomic E-state index is 0.371. The molecule has 30 heavy (non-hydrogen) atoms. The summed E-state index contributed by atoms with van der Waals surface area (Å²) in [4.78, 5) is 14.1. The number of nitrogens with two attached hydrogens (primary N) is 2. The Morgan fingerprint density at radius 2 is 1.93 bits per heavy atom. The lowest BCUT2D eigenvalue weighted by atomic mass is 9.88. The molecule has 0 radical (unpaired) electrons. The standard InChI is InChI=1S/C23H30ClN3O3/c1-30-22-14-20(25)17(13-19(22)23(26)29)12-15-6-9-27(10-7-15)11-8-21(28)16-2-4-18(24)5-3-16/h2-5,13-15,21,28H,6-12,25H2,1H3,(H2,26,29). The second-order valence-corrected chi connectivity index (χ2v) is 8.40. The van der Waals surface area contributed by atoms with Crippen molar-refractivity contribution < 1.29 is 14.6 Å². The molecule has 0 bridgehead atoms. The van der Waals surface area contributed by atoms with Crippen LogP contribution in [0.25, 0.3) is 0 Å². The lowest BCUT2D eigenvalue weighted by Gasteiger charge is -2.32. The second-order valence-electron chi connectivity index (χ2n) is 7.96. The molecule has 5 N–H and O–H groups in total. The Kier molecular flexibility index (Phi) is 7.58. The first-order valence-corrected chi connectivity index (χ1v) is 10.7. The molecule has 1 aliphatic rings. The van der Waals surface area contributed by atoms with Gasteiger partial charge in [-0.05, 0) is 74.0 Å². The van der Waals surface area contributed by atoms with Gasteiger partial charge < -0.3 is 26.2 Å². The number of hydrogen-bond acceptors (Lipinski definition) is 5. The van der Waals surface area contributed by atoms with Gasteiger partial charge >= 0.3 is 0 Å². The molecular formula is C23H30ClN3O3. The Hall–Kier alpha value is -2.28. The first-order chi connectivity index (χ1) is 14.4. The molecule has 2 aromatic carbocycles. The molecule has 0 aliphatic carbocycles. The van der Waals surface area contributed by atoms with E-state index in [1.165, 1.54) is 7.11 Å². The van der Waals surface area contributed by atoms with Crippen LogP contribution in [0.15, 0.2) is 36.4 Å². The van der Waals surface area contributed by atoms with Crippen molar-refractivity contribution in [2.45, 2.75) is 31.8 Å². The average molecular weight is 432 g/mol. The fourth-order valence-electron chi connectivity index (χ4n) is 4.06. The zero-order valence-electron chi connectivity index (χ0n) is 17.3. The summed E-state index contributed by atoms with van der Waals surface area (Å²) in [6.45, 7) is 2.82. The van der Waals surface area contributed by atoms with Crippen molar-refractivity contribution in [2.75, 3.05) is 32.5 Å². The van der Waals surface area contributed by atoms with E-state index >= 15 is 0 Å². The van der Waals surface area contributed by atoms with Crippen LogP contribution in [0.5, 0.6) is 5.75 Å². The molecule has 0 saturated carbocycles. The first kappa shape index (κ1) is 22.4. The number of nitrogen functional groups attached to an aromatic ring is 1. The zero-order chi connectivity index (χ0) is 21.7. The summed E-state index contributed by atoms with van der Waals surface area (Å²) < 4.78 is 5.22. The summed E-state index contributed by atoms with van der Waals surface area (Å²) in [6, 6.07) is 10.8. The number of rotatable bonds is 8. The van der Waals surface area contributed by atoms with Gasteiger partial charge in [0.2, 0.25) is 0 Å². The predicted molar refractivity (Wildman–Crippen MR) is 120 cm³/mol. The molecule has 1 heterocycles. The Labute approximate surface area is 182 Å². The fourth-order valence-corrected chi connectivity index (χ4v) is 4.19. The maximum atomic E-state index is 11.7. The summed E-state index contributed by atoms with van der Waals surface area (Å²) in [5, 5.41) is 11.1. The molecular weight excluding hydrogens is 402 g/mol. The number of carbonyl (C=O) groups is 1. The molecule has 1 amide bonds. The molecule has 6 nitrogen and oxygen atoms in total. The largest absolute Gasteiger partial charge is 0.496 e. The number of primary amides is 1.